The molecule has 0 aliphatic rings. The van der Waals surface area contributed by atoms with E-state index in [4.69, 9.17) is 4.74 Å². The van der Waals surface area contributed by atoms with Gasteiger partial charge in [-0.2, -0.15) is 0 Å². The van der Waals surface area contributed by atoms with Gasteiger partial charge in [0.25, 0.3) is 11.5 Å². The molecule has 0 saturated heterocycles. The number of hydrogen-bond acceptors (Lipinski definition) is 5. The molecular formula is C19H19F3N2O5. The summed E-state index contributed by atoms with van der Waals surface area (Å²) < 4.78 is 45.3. The molecule has 2 aromatic rings. The maximum atomic E-state index is 12.5. The second kappa shape index (κ2) is 9.26. The van der Waals surface area contributed by atoms with Crippen molar-refractivity contribution in [2.45, 2.75) is 33.1 Å². The number of H-pyrrole nitrogens is 1. The number of esters is 1. The van der Waals surface area contributed by atoms with E-state index in [9.17, 15) is 27.6 Å². The molecule has 1 aromatic heterocycles. The van der Waals surface area contributed by atoms with Crippen LogP contribution in [0.1, 0.15) is 46.7 Å². The highest BCUT2D eigenvalue weighted by atomic mass is 19.4. The van der Waals surface area contributed by atoms with Crippen LogP contribution in [-0.4, -0.2) is 29.8 Å². The zero-order chi connectivity index (χ0) is 21.6. The van der Waals surface area contributed by atoms with Crippen molar-refractivity contribution in [1.82, 2.24) is 4.98 Å². The molecule has 1 heterocycles. The summed E-state index contributed by atoms with van der Waals surface area (Å²) in [4.78, 5) is 39.4. The number of pyridine rings is 1. The Kier molecular flexibility index (Phi) is 7.03. The van der Waals surface area contributed by atoms with Gasteiger partial charge in [0.05, 0.1) is 12.2 Å². The van der Waals surface area contributed by atoms with Crippen molar-refractivity contribution in [3.63, 3.8) is 0 Å². The average molecular weight is 412 g/mol. The smallest absolute Gasteiger partial charge is 0.462 e. The van der Waals surface area contributed by atoms with Crippen molar-refractivity contribution >= 4 is 17.6 Å². The number of halogens is 3. The first-order chi connectivity index (χ1) is 13.6. The highest BCUT2D eigenvalue weighted by molar-refractivity contribution is 6.05. The van der Waals surface area contributed by atoms with Gasteiger partial charge in [-0.25, -0.2) is 4.79 Å². The number of aryl methyl sites for hydroxylation is 1. The van der Waals surface area contributed by atoms with Crippen LogP contribution in [0.4, 0.5) is 18.9 Å². The van der Waals surface area contributed by atoms with E-state index < -0.39 is 29.5 Å². The zero-order valence-corrected chi connectivity index (χ0v) is 15.7. The van der Waals surface area contributed by atoms with Crippen LogP contribution in [0.5, 0.6) is 5.75 Å². The molecule has 29 heavy (non-hydrogen) atoms. The van der Waals surface area contributed by atoms with E-state index in [1.807, 2.05) is 6.92 Å². The second-order valence-corrected chi connectivity index (χ2v) is 5.90. The van der Waals surface area contributed by atoms with E-state index in [2.05, 4.69) is 15.0 Å². The number of ether oxygens (including phenoxy) is 2. The number of rotatable bonds is 7. The predicted octanol–water partition coefficient (Wildman–Crippen LogP) is 3.66. The number of carbonyl (C=O) groups excluding carboxylic acids is 2. The van der Waals surface area contributed by atoms with Crippen LogP contribution < -0.4 is 15.6 Å². The fourth-order valence-corrected chi connectivity index (χ4v) is 2.51. The van der Waals surface area contributed by atoms with Gasteiger partial charge in [0, 0.05) is 11.4 Å². The largest absolute Gasteiger partial charge is 0.573 e. The van der Waals surface area contributed by atoms with Gasteiger partial charge in [0.15, 0.2) is 0 Å². The summed E-state index contributed by atoms with van der Waals surface area (Å²) in [5.74, 6) is -1.96. The predicted molar refractivity (Wildman–Crippen MR) is 98.1 cm³/mol. The number of amides is 1. The van der Waals surface area contributed by atoms with Gasteiger partial charge >= 0.3 is 12.3 Å². The molecule has 0 bridgehead atoms. The molecule has 1 amide bonds. The molecule has 0 atom stereocenters. The van der Waals surface area contributed by atoms with Crippen molar-refractivity contribution in [2.75, 3.05) is 11.9 Å². The SMILES string of the molecule is CCCc1[nH]c(=O)c(C(=O)Nc2ccc(OC(F)(F)F)cc2)cc1C(=O)OCC. The van der Waals surface area contributed by atoms with Crippen LogP contribution in [0.25, 0.3) is 0 Å². The lowest BCUT2D eigenvalue weighted by molar-refractivity contribution is -0.274. The minimum absolute atomic E-state index is 0.0763. The van der Waals surface area contributed by atoms with Gasteiger partial charge in [-0.15, -0.1) is 13.2 Å². The third-order valence-electron chi connectivity index (χ3n) is 3.71. The summed E-state index contributed by atoms with van der Waals surface area (Å²) in [7, 11) is 0. The van der Waals surface area contributed by atoms with Crippen molar-refractivity contribution in [3.05, 3.63) is 57.5 Å². The highest BCUT2D eigenvalue weighted by Crippen LogP contribution is 2.24. The van der Waals surface area contributed by atoms with Gasteiger partial charge in [0.2, 0.25) is 0 Å². The number of nitrogens with one attached hydrogen (secondary N) is 2. The Balaban J connectivity index is 2.27. The van der Waals surface area contributed by atoms with Gasteiger partial charge in [-0.1, -0.05) is 13.3 Å². The first-order valence-electron chi connectivity index (χ1n) is 8.75. The summed E-state index contributed by atoms with van der Waals surface area (Å²) in [6.45, 7) is 3.61. The summed E-state index contributed by atoms with van der Waals surface area (Å²) in [5, 5.41) is 2.39. The third-order valence-corrected chi connectivity index (χ3v) is 3.71. The Bertz CT molecular complexity index is 936. The molecule has 0 saturated carbocycles. The zero-order valence-electron chi connectivity index (χ0n) is 15.7. The Morgan fingerprint density at radius 1 is 1.10 bits per heavy atom. The fourth-order valence-electron chi connectivity index (χ4n) is 2.51. The molecule has 10 heteroatoms. The van der Waals surface area contributed by atoms with Crippen LogP contribution >= 0.6 is 0 Å². The van der Waals surface area contributed by atoms with E-state index in [1.165, 1.54) is 12.1 Å². The minimum atomic E-state index is -4.83. The van der Waals surface area contributed by atoms with E-state index >= 15 is 0 Å². The first-order valence-corrected chi connectivity index (χ1v) is 8.75. The van der Waals surface area contributed by atoms with Crippen molar-refractivity contribution in [2.24, 2.45) is 0 Å². The highest BCUT2D eigenvalue weighted by Gasteiger charge is 2.31. The van der Waals surface area contributed by atoms with Gasteiger partial charge in [0.1, 0.15) is 11.3 Å². The second-order valence-electron chi connectivity index (χ2n) is 5.90. The molecule has 0 spiro atoms. The number of alkyl halides is 3. The van der Waals surface area contributed by atoms with E-state index in [0.29, 0.717) is 18.5 Å². The molecule has 7 nitrogen and oxygen atoms in total. The molecule has 1 aromatic carbocycles. The van der Waals surface area contributed by atoms with E-state index in [0.717, 1.165) is 18.2 Å². The Morgan fingerprint density at radius 3 is 2.31 bits per heavy atom. The molecule has 2 rings (SSSR count). The topological polar surface area (TPSA) is 97.5 Å². The van der Waals surface area contributed by atoms with Crippen LogP contribution in [0, 0.1) is 0 Å². The minimum Gasteiger partial charge on any atom is -0.462 e. The van der Waals surface area contributed by atoms with E-state index in [1.54, 1.807) is 6.92 Å². The molecular weight excluding hydrogens is 393 g/mol. The fraction of sp³-hybridized carbons (Fsp3) is 0.316. The standard InChI is InChI=1S/C19H19F3N2O5/c1-3-5-15-13(18(27)28-4-2)10-14(17(26)24-15)16(25)23-11-6-8-12(9-7-11)29-19(20,21)22/h6-10H,3-5H2,1-2H3,(H,23,25)(H,24,26). The van der Waals surface area contributed by atoms with Gasteiger partial charge < -0.3 is 19.8 Å². The van der Waals surface area contributed by atoms with Crippen molar-refractivity contribution in [3.8, 4) is 5.75 Å². The molecule has 156 valence electrons. The summed E-state index contributed by atoms with van der Waals surface area (Å²) >= 11 is 0. The number of aromatic amines is 1. The monoisotopic (exact) mass is 412 g/mol. The van der Waals surface area contributed by atoms with E-state index in [-0.39, 0.29) is 23.4 Å². The van der Waals surface area contributed by atoms with Crippen molar-refractivity contribution in [1.29, 1.82) is 0 Å². The number of benzene rings is 1. The maximum absolute atomic E-state index is 12.5. The first kappa shape index (κ1) is 22.0. The molecule has 2 N–H and O–H groups in total. The lowest BCUT2D eigenvalue weighted by Crippen LogP contribution is -2.26. The number of anilines is 1. The number of aromatic nitrogens is 1. The summed E-state index contributed by atoms with van der Waals surface area (Å²) in [6, 6.07) is 5.55. The average Bonchev–Trinajstić information content (AvgIpc) is 2.62. The van der Waals surface area contributed by atoms with Crippen molar-refractivity contribution < 1.29 is 32.2 Å². The Morgan fingerprint density at radius 2 is 1.76 bits per heavy atom. The summed E-state index contributed by atoms with van der Waals surface area (Å²) in [5.41, 5.74) is -0.452. The molecule has 0 unspecified atom stereocenters. The van der Waals surface area contributed by atoms with Crippen LogP contribution in [0.15, 0.2) is 35.1 Å². The lowest BCUT2D eigenvalue weighted by atomic mass is 10.1. The Labute approximate surface area is 163 Å². The van der Waals surface area contributed by atoms with Crippen LogP contribution in [-0.2, 0) is 11.2 Å². The van der Waals surface area contributed by atoms with Gasteiger partial charge in [-0.3, -0.25) is 9.59 Å². The maximum Gasteiger partial charge on any atom is 0.573 e. The van der Waals surface area contributed by atoms with Crippen LogP contribution in [0.2, 0.25) is 0 Å². The molecule has 0 radical (unpaired) electrons. The normalized spacial score (nSPS) is 11.1. The quantitative estimate of drug-likeness (QED) is 0.677. The molecule has 0 aliphatic heterocycles. The molecule has 0 aliphatic carbocycles. The van der Waals surface area contributed by atoms with Crippen LogP contribution in [0.3, 0.4) is 0 Å². The number of hydrogen-bond donors (Lipinski definition) is 2. The third kappa shape index (κ3) is 6.09. The Hall–Kier alpha value is -3.30. The lowest BCUT2D eigenvalue weighted by Gasteiger charge is -2.11. The molecule has 0 fully saturated rings. The van der Waals surface area contributed by atoms with Gasteiger partial charge in [-0.05, 0) is 43.7 Å². The summed E-state index contributed by atoms with van der Waals surface area (Å²) in [6.07, 6.45) is -3.77. The number of carbonyl (C=O) groups is 2.